The van der Waals surface area contributed by atoms with Crippen LogP contribution in [0, 0.1) is 23.7 Å². The van der Waals surface area contributed by atoms with Crippen LogP contribution < -0.4 is 9.46 Å². The smallest absolute Gasteiger partial charge is 0.262 e. The highest BCUT2D eigenvalue weighted by Crippen LogP contribution is 2.40. The highest BCUT2D eigenvalue weighted by molar-refractivity contribution is 7.92. The third-order valence-corrected chi connectivity index (χ3v) is 8.60. The van der Waals surface area contributed by atoms with E-state index < -0.39 is 10.0 Å². The zero-order chi connectivity index (χ0) is 25.2. The molecule has 1 N–H and O–H groups in total. The third kappa shape index (κ3) is 5.83. The molecule has 1 fully saturated rings. The van der Waals surface area contributed by atoms with E-state index in [-0.39, 0.29) is 17.0 Å². The maximum absolute atomic E-state index is 13.4. The summed E-state index contributed by atoms with van der Waals surface area (Å²) in [6.07, 6.45) is 3.27. The van der Waals surface area contributed by atoms with E-state index in [0.29, 0.717) is 53.2 Å². The second-order valence-corrected chi connectivity index (χ2v) is 12.3. The molecule has 4 atom stereocenters. The molecule has 2 aromatic rings. The van der Waals surface area contributed by atoms with Gasteiger partial charge in [-0.15, -0.1) is 0 Å². The number of nitrogens with zero attached hydrogens (tertiary/aromatic N) is 1. The Morgan fingerprint density at radius 3 is 2.40 bits per heavy atom. The fourth-order valence-electron chi connectivity index (χ4n) is 5.00. The van der Waals surface area contributed by atoms with E-state index in [2.05, 4.69) is 39.3 Å². The minimum absolute atomic E-state index is 0.0174. The first kappa shape index (κ1) is 25.5. The van der Waals surface area contributed by atoms with E-state index in [1.165, 1.54) is 6.42 Å². The van der Waals surface area contributed by atoms with Crippen LogP contribution in [0.25, 0.3) is 0 Å². The number of hydrogen-bond acceptors (Lipinski definition) is 5. The number of ether oxygens (including phenoxy) is 2. The molecule has 0 spiro atoms. The van der Waals surface area contributed by atoms with Crippen LogP contribution in [0.2, 0.25) is 0 Å². The van der Waals surface area contributed by atoms with Crippen LogP contribution in [0.4, 0.5) is 5.69 Å². The summed E-state index contributed by atoms with van der Waals surface area (Å²) in [4.78, 5) is 4.96. The van der Waals surface area contributed by atoms with Crippen molar-refractivity contribution >= 4 is 21.6 Å². The molecule has 1 aliphatic heterocycles. The normalized spacial score (nSPS) is 24.8. The summed E-state index contributed by atoms with van der Waals surface area (Å²) in [5.74, 6) is 2.76. The van der Waals surface area contributed by atoms with Crippen LogP contribution in [-0.4, -0.2) is 33.1 Å². The van der Waals surface area contributed by atoms with Crippen LogP contribution in [0.1, 0.15) is 59.4 Å². The number of nitrogens with one attached hydrogen (secondary N) is 1. The highest BCUT2D eigenvalue weighted by Gasteiger charge is 2.34. The zero-order valence-electron chi connectivity index (χ0n) is 21.4. The molecule has 2 aliphatic rings. The molecule has 6 nitrogen and oxygen atoms in total. The Hall–Kier alpha value is -2.54. The van der Waals surface area contributed by atoms with Gasteiger partial charge in [0, 0.05) is 0 Å². The van der Waals surface area contributed by atoms with Crippen LogP contribution in [0.5, 0.6) is 5.75 Å². The number of rotatable bonds is 8. The molecule has 1 saturated carbocycles. The maximum Gasteiger partial charge on any atom is 0.262 e. The van der Waals surface area contributed by atoms with Gasteiger partial charge in [0.2, 0.25) is 5.90 Å². The SMILES string of the molecule is CC1CC[C@H](C(C)C)C(Oc2cccc(C3=NC(C(C)C)CO3)c2NS(=O)(=O)c2ccccc2)C1. The minimum atomic E-state index is -3.84. The van der Waals surface area contributed by atoms with Crippen molar-refractivity contribution in [3.05, 3.63) is 54.1 Å². The first-order valence-electron chi connectivity index (χ1n) is 12.7. The summed E-state index contributed by atoms with van der Waals surface area (Å²) in [6.45, 7) is 11.4. The predicted octanol–water partition coefficient (Wildman–Crippen LogP) is 6.13. The summed E-state index contributed by atoms with van der Waals surface area (Å²) >= 11 is 0. The number of benzene rings is 2. The maximum atomic E-state index is 13.4. The van der Waals surface area contributed by atoms with E-state index in [0.717, 1.165) is 12.8 Å². The summed E-state index contributed by atoms with van der Waals surface area (Å²) in [6, 6.07) is 14.0. The molecule has 4 rings (SSSR count). The molecule has 190 valence electrons. The van der Waals surface area contributed by atoms with E-state index in [9.17, 15) is 8.42 Å². The first-order chi connectivity index (χ1) is 16.7. The average molecular weight is 499 g/mol. The van der Waals surface area contributed by atoms with Crippen LogP contribution in [0.15, 0.2) is 58.4 Å². The lowest BCUT2D eigenvalue weighted by atomic mass is 9.75. The summed E-state index contributed by atoms with van der Waals surface area (Å²) in [5, 5.41) is 0. The molecular weight excluding hydrogens is 460 g/mol. The second-order valence-electron chi connectivity index (χ2n) is 10.6. The van der Waals surface area contributed by atoms with E-state index in [1.807, 2.05) is 18.2 Å². The van der Waals surface area contributed by atoms with Gasteiger partial charge in [-0.2, -0.15) is 0 Å². The molecule has 0 amide bonds. The van der Waals surface area contributed by atoms with Gasteiger partial charge in [0.25, 0.3) is 10.0 Å². The van der Waals surface area contributed by atoms with Crippen LogP contribution >= 0.6 is 0 Å². The molecule has 3 unspecified atom stereocenters. The van der Waals surface area contributed by atoms with Crippen molar-refractivity contribution in [3.8, 4) is 5.75 Å². The van der Waals surface area contributed by atoms with Gasteiger partial charge in [-0.3, -0.25) is 4.72 Å². The third-order valence-electron chi connectivity index (χ3n) is 7.23. The monoisotopic (exact) mass is 498 g/mol. The first-order valence-corrected chi connectivity index (χ1v) is 14.2. The van der Waals surface area contributed by atoms with Crippen molar-refractivity contribution in [1.29, 1.82) is 0 Å². The van der Waals surface area contributed by atoms with Crippen molar-refractivity contribution in [2.24, 2.45) is 28.7 Å². The number of para-hydroxylation sites is 1. The Bertz CT molecular complexity index is 1140. The molecule has 0 radical (unpaired) electrons. The Morgan fingerprint density at radius 2 is 1.74 bits per heavy atom. The zero-order valence-corrected chi connectivity index (χ0v) is 22.2. The van der Waals surface area contributed by atoms with E-state index in [4.69, 9.17) is 14.5 Å². The summed E-state index contributed by atoms with van der Waals surface area (Å²) < 4.78 is 42.2. The van der Waals surface area contributed by atoms with Gasteiger partial charge in [-0.05, 0) is 60.8 Å². The predicted molar refractivity (Wildman–Crippen MR) is 141 cm³/mol. The van der Waals surface area contributed by atoms with Gasteiger partial charge in [-0.25, -0.2) is 13.4 Å². The van der Waals surface area contributed by atoms with Gasteiger partial charge < -0.3 is 9.47 Å². The van der Waals surface area contributed by atoms with Gasteiger partial charge in [0.15, 0.2) is 0 Å². The lowest BCUT2D eigenvalue weighted by molar-refractivity contribution is 0.0465. The van der Waals surface area contributed by atoms with Gasteiger partial charge in [-0.1, -0.05) is 65.3 Å². The molecule has 2 aromatic carbocycles. The molecule has 0 saturated heterocycles. The number of aliphatic imine (C=N–C) groups is 1. The largest absolute Gasteiger partial charge is 0.488 e. The van der Waals surface area contributed by atoms with Gasteiger partial charge >= 0.3 is 0 Å². The standard InChI is InChI=1S/C28H38N2O4S/c1-18(2)22-15-14-20(5)16-26(22)34-25-13-9-12-23(28-29-24(17-33-28)19(3)4)27(25)30-35(31,32)21-10-7-6-8-11-21/h6-13,18-20,22,24,26,30H,14-17H2,1-5H3/t20?,22-,24?,26?/m1/s1. The molecule has 1 aliphatic carbocycles. The van der Waals surface area contributed by atoms with Crippen molar-refractivity contribution in [1.82, 2.24) is 0 Å². The molecule has 0 bridgehead atoms. The van der Waals surface area contributed by atoms with Crippen LogP contribution in [0.3, 0.4) is 0 Å². The molecule has 35 heavy (non-hydrogen) atoms. The lowest BCUT2D eigenvalue weighted by Gasteiger charge is -2.37. The summed E-state index contributed by atoms with van der Waals surface area (Å²) in [7, 11) is -3.84. The van der Waals surface area contributed by atoms with Gasteiger partial charge in [0.1, 0.15) is 24.1 Å². The van der Waals surface area contributed by atoms with Crippen molar-refractivity contribution in [2.75, 3.05) is 11.3 Å². The Labute approximate surface area is 210 Å². The topological polar surface area (TPSA) is 77.0 Å². The van der Waals surface area contributed by atoms with E-state index >= 15 is 0 Å². The minimum Gasteiger partial charge on any atom is -0.488 e. The summed E-state index contributed by atoms with van der Waals surface area (Å²) in [5.41, 5.74) is 0.996. The molecule has 7 heteroatoms. The van der Waals surface area contributed by atoms with Crippen molar-refractivity contribution < 1.29 is 17.9 Å². The highest BCUT2D eigenvalue weighted by atomic mass is 32.2. The van der Waals surface area contributed by atoms with E-state index in [1.54, 1.807) is 30.3 Å². The second kappa shape index (κ2) is 10.6. The molecular formula is C28H38N2O4S. The average Bonchev–Trinajstić information content (AvgIpc) is 3.31. The molecule has 0 aromatic heterocycles. The quantitative estimate of drug-likeness (QED) is 0.475. The Balaban J connectivity index is 1.76. The number of hydrogen-bond donors (Lipinski definition) is 1. The number of sulfonamides is 1. The fraction of sp³-hybridized carbons (Fsp3) is 0.536. The van der Waals surface area contributed by atoms with Crippen molar-refractivity contribution in [2.45, 2.75) is 70.9 Å². The Kier molecular flexibility index (Phi) is 7.74. The number of anilines is 1. The lowest BCUT2D eigenvalue weighted by Crippen LogP contribution is -2.36. The van der Waals surface area contributed by atoms with Gasteiger partial charge in [0.05, 0.1) is 16.5 Å². The Morgan fingerprint density at radius 1 is 1.00 bits per heavy atom. The van der Waals surface area contributed by atoms with Crippen LogP contribution in [-0.2, 0) is 14.8 Å². The fourth-order valence-corrected chi connectivity index (χ4v) is 6.11. The molecule has 1 heterocycles. The van der Waals surface area contributed by atoms with Crippen molar-refractivity contribution in [3.63, 3.8) is 0 Å².